The molecule has 0 saturated carbocycles. The summed E-state index contributed by atoms with van der Waals surface area (Å²) in [6.45, 7) is 3.48. The lowest BCUT2D eigenvalue weighted by atomic mass is 10.0. The molecule has 0 amide bonds. The van der Waals surface area contributed by atoms with Crippen LogP contribution in [0.15, 0.2) is 52.9 Å². The van der Waals surface area contributed by atoms with Gasteiger partial charge in [-0.15, -0.1) is 0 Å². The van der Waals surface area contributed by atoms with E-state index in [4.69, 9.17) is 4.42 Å². The lowest BCUT2D eigenvalue weighted by Crippen LogP contribution is -1.90. The Morgan fingerprint density at radius 1 is 1.05 bits per heavy atom. The summed E-state index contributed by atoms with van der Waals surface area (Å²) < 4.78 is 5.62. The third kappa shape index (κ3) is 2.25. The average molecular weight is 264 g/mol. The van der Waals surface area contributed by atoms with Crippen LogP contribution in [0.3, 0.4) is 0 Å². The minimum absolute atomic E-state index is 0.0247. The van der Waals surface area contributed by atoms with E-state index >= 15 is 0 Å². The molecule has 0 saturated heterocycles. The Morgan fingerprint density at radius 3 is 2.50 bits per heavy atom. The third-order valence-corrected chi connectivity index (χ3v) is 3.57. The van der Waals surface area contributed by atoms with Gasteiger partial charge < -0.3 is 4.42 Å². The fourth-order valence-corrected chi connectivity index (χ4v) is 2.55. The first-order valence-electron chi connectivity index (χ1n) is 6.72. The SMILES string of the molecule is CC(=O)c1oc2ccc(Cc3ccccc3)cc2c1C. The second-order valence-corrected chi connectivity index (χ2v) is 5.11. The number of ketones is 1. The molecule has 0 unspecified atom stereocenters. The highest BCUT2D eigenvalue weighted by Gasteiger charge is 2.14. The second kappa shape index (κ2) is 4.97. The van der Waals surface area contributed by atoms with E-state index in [1.165, 1.54) is 18.1 Å². The third-order valence-electron chi connectivity index (χ3n) is 3.57. The summed E-state index contributed by atoms with van der Waals surface area (Å²) in [5.74, 6) is 0.445. The molecule has 0 fully saturated rings. The Labute approximate surface area is 118 Å². The van der Waals surface area contributed by atoms with Crippen LogP contribution in [0.25, 0.3) is 11.0 Å². The summed E-state index contributed by atoms with van der Waals surface area (Å²) in [5.41, 5.74) is 4.22. The Bertz CT molecular complexity index is 767. The van der Waals surface area contributed by atoms with Crippen LogP contribution in [0, 0.1) is 6.92 Å². The van der Waals surface area contributed by atoms with Crippen molar-refractivity contribution < 1.29 is 9.21 Å². The van der Waals surface area contributed by atoms with Gasteiger partial charge in [-0.3, -0.25) is 4.79 Å². The van der Waals surface area contributed by atoms with Crippen LogP contribution in [-0.2, 0) is 6.42 Å². The monoisotopic (exact) mass is 264 g/mol. The van der Waals surface area contributed by atoms with E-state index in [-0.39, 0.29) is 5.78 Å². The van der Waals surface area contributed by atoms with E-state index < -0.39 is 0 Å². The minimum atomic E-state index is -0.0247. The van der Waals surface area contributed by atoms with Gasteiger partial charge in [0, 0.05) is 17.9 Å². The van der Waals surface area contributed by atoms with E-state index in [2.05, 4.69) is 24.3 Å². The highest BCUT2D eigenvalue weighted by molar-refractivity contribution is 5.98. The minimum Gasteiger partial charge on any atom is -0.453 e. The average Bonchev–Trinajstić information content (AvgIpc) is 2.77. The topological polar surface area (TPSA) is 30.2 Å². The quantitative estimate of drug-likeness (QED) is 0.650. The number of carbonyl (C=O) groups is 1. The van der Waals surface area contributed by atoms with E-state index in [1.54, 1.807) is 0 Å². The fourth-order valence-electron chi connectivity index (χ4n) is 2.55. The highest BCUT2D eigenvalue weighted by atomic mass is 16.3. The van der Waals surface area contributed by atoms with Crippen LogP contribution in [-0.4, -0.2) is 5.78 Å². The number of hydrogen-bond donors (Lipinski definition) is 0. The van der Waals surface area contributed by atoms with Gasteiger partial charge in [0.2, 0.25) is 0 Å². The fraction of sp³-hybridized carbons (Fsp3) is 0.167. The number of furan rings is 1. The molecule has 0 aliphatic carbocycles. The molecule has 2 heteroatoms. The zero-order chi connectivity index (χ0) is 14.1. The molecule has 1 aromatic heterocycles. The Hall–Kier alpha value is -2.35. The van der Waals surface area contributed by atoms with Crippen LogP contribution < -0.4 is 0 Å². The van der Waals surface area contributed by atoms with Gasteiger partial charge in [0.05, 0.1) is 0 Å². The Balaban J connectivity index is 2.02. The van der Waals surface area contributed by atoms with Crippen LogP contribution >= 0.6 is 0 Å². The first kappa shape index (κ1) is 12.7. The molecular formula is C18H16O2. The number of fused-ring (bicyclic) bond motifs is 1. The van der Waals surface area contributed by atoms with E-state index in [0.29, 0.717) is 5.76 Å². The molecule has 0 atom stereocenters. The maximum Gasteiger partial charge on any atom is 0.195 e. The van der Waals surface area contributed by atoms with E-state index in [0.717, 1.165) is 23.0 Å². The summed E-state index contributed by atoms with van der Waals surface area (Å²) in [5, 5.41) is 1.03. The van der Waals surface area contributed by atoms with Crippen LogP contribution in [0.1, 0.15) is 34.2 Å². The van der Waals surface area contributed by atoms with Gasteiger partial charge in [-0.05, 0) is 36.6 Å². The molecule has 3 aromatic rings. The number of benzene rings is 2. The van der Waals surface area contributed by atoms with Gasteiger partial charge in [0.25, 0.3) is 0 Å². The molecule has 2 aromatic carbocycles. The van der Waals surface area contributed by atoms with Gasteiger partial charge in [0.1, 0.15) is 5.58 Å². The normalized spacial score (nSPS) is 10.9. The molecule has 20 heavy (non-hydrogen) atoms. The molecule has 0 bridgehead atoms. The Kier molecular flexibility index (Phi) is 3.15. The van der Waals surface area contributed by atoms with Crippen molar-refractivity contribution in [3.05, 3.63) is 71.0 Å². The number of rotatable bonds is 3. The summed E-state index contributed by atoms with van der Waals surface area (Å²) in [4.78, 5) is 11.5. The van der Waals surface area contributed by atoms with Crippen molar-refractivity contribution in [2.24, 2.45) is 0 Å². The zero-order valence-electron chi connectivity index (χ0n) is 11.6. The number of aryl methyl sites for hydroxylation is 1. The molecule has 100 valence electrons. The van der Waals surface area contributed by atoms with Gasteiger partial charge in [-0.25, -0.2) is 0 Å². The lowest BCUT2D eigenvalue weighted by Gasteiger charge is -2.02. The van der Waals surface area contributed by atoms with Crippen molar-refractivity contribution in [1.29, 1.82) is 0 Å². The van der Waals surface area contributed by atoms with Crippen molar-refractivity contribution >= 4 is 16.8 Å². The number of carbonyl (C=O) groups excluding carboxylic acids is 1. The standard InChI is InChI=1S/C18H16O2/c1-12-16-11-15(10-14-6-4-3-5-7-14)8-9-17(16)20-18(12)13(2)19/h3-9,11H,10H2,1-2H3. The molecule has 0 radical (unpaired) electrons. The van der Waals surface area contributed by atoms with E-state index in [9.17, 15) is 4.79 Å². The summed E-state index contributed by atoms with van der Waals surface area (Å²) >= 11 is 0. The van der Waals surface area contributed by atoms with E-state index in [1.807, 2.05) is 31.2 Å². The van der Waals surface area contributed by atoms with Crippen molar-refractivity contribution in [2.45, 2.75) is 20.3 Å². The van der Waals surface area contributed by atoms with Crippen molar-refractivity contribution in [1.82, 2.24) is 0 Å². The van der Waals surface area contributed by atoms with Crippen molar-refractivity contribution in [3.63, 3.8) is 0 Å². The van der Waals surface area contributed by atoms with Crippen molar-refractivity contribution in [2.75, 3.05) is 0 Å². The zero-order valence-corrected chi connectivity index (χ0v) is 11.6. The Morgan fingerprint density at radius 2 is 1.80 bits per heavy atom. The van der Waals surface area contributed by atoms with Gasteiger partial charge in [-0.2, -0.15) is 0 Å². The number of Topliss-reactive ketones (excluding diaryl/α,β-unsaturated/α-hetero) is 1. The van der Waals surface area contributed by atoms with Crippen LogP contribution in [0.5, 0.6) is 0 Å². The first-order chi connectivity index (χ1) is 9.65. The largest absolute Gasteiger partial charge is 0.453 e. The first-order valence-corrected chi connectivity index (χ1v) is 6.72. The highest BCUT2D eigenvalue weighted by Crippen LogP contribution is 2.27. The molecule has 3 rings (SSSR count). The molecule has 0 spiro atoms. The predicted octanol–water partition coefficient (Wildman–Crippen LogP) is 4.53. The van der Waals surface area contributed by atoms with Gasteiger partial charge >= 0.3 is 0 Å². The van der Waals surface area contributed by atoms with Crippen LogP contribution in [0.2, 0.25) is 0 Å². The second-order valence-electron chi connectivity index (χ2n) is 5.11. The smallest absolute Gasteiger partial charge is 0.195 e. The molecular weight excluding hydrogens is 248 g/mol. The predicted molar refractivity (Wildman–Crippen MR) is 80.2 cm³/mol. The summed E-state index contributed by atoms with van der Waals surface area (Å²) in [6, 6.07) is 16.5. The van der Waals surface area contributed by atoms with Gasteiger partial charge in [-0.1, -0.05) is 36.4 Å². The molecule has 0 aliphatic heterocycles. The maximum absolute atomic E-state index is 11.5. The lowest BCUT2D eigenvalue weighted by molar-refractivity contribution is 0.0988. The molecule has 0 aliphatic rings. The molecule has 1 heterocycles. The van der Waals surface area contributed by atoms with Crippen LogP contribution in [0.4, 0.5) is 0 Å². The molecule has 2 nitrogen and oxygen atoms in total. The summed E-state index contributed by atoms with van der Waals surface area (Å²) in [6.07, 6.45) is 0.886. The summed E-state index contributed by atoms with van der Waals surface area (Å²) in [7, 11) is 0. The van der Waals surface area contributed by atoms with Gasteiger partial charge in [0.15, 0.2) is 11.5 Å². The maximum atomic E-state index is 11.5. The van der Waals surface area contributed by atoms with Crippen molar-refractivity contribution in [3.8, 4) is 0 Å². The molecule has 0 N–H and O–H groups in total. The number of hydrogen-bond acceptors (Lipinski definition) is 2.